The average Bonchev–Trinajstić information content (AvgIpc) is 2.99. The summed E-state index contributed by atoms with van der Waals surface area (Å²) in [5.41, 5.74) is 1.05. The summed E-state index contributed by atoms with van der Waals surface area (Å²) in [6.45, 7) is 1.56. The highest BCUT2D eigenvalue weighted by Gasteiger charge is 2.37. The van der Waals surface area contributed by atoms with Crippen molar-refractivity contribution in [2.75, 3.05) is 20.3 Å². The van der Waals surface area contributed by atoms with E-state index in [1.807, 2.05) is 30.3 Å². The number of carbonyl (C=O) groups is 3. The molecule has 2 heterocycles. The maximum atomic E-state index is 13.1. The van der Waals surface area contributed by atoms with Gasteiger partial charge in [0, 0.05) is 18.2 Å². The molecule has 4 rings (SSSR count). The molecule has 4 atom stereocenters. The van der Waals surface area contributed by atoms with Crippen LogP contribution in [0.2, 0.25) is 0 Å². The third-order valence-electron chi connectivity index (χ3n) is 6.35. The van der Waals surface area contributed by atoms with E-state index in [4.69, 9.17) is 18.9 Å². The number of hydrogen-bond acceptors (Lipinski definition) is 9. The van der Waals surface area contributed by atoms with E-state index in [1.165, 1.54) is 19.4 Å². The van der Waals surface area contributed by atoms with Crippen LogP contribution in [0, 0.1) is 5.92 Å². The summed E-state index contributed by atoms with van der Waals surface area (Å²) in [5.74, 6) is -2.90. The van der Waals surface area contributed by atoms with Crippen LogP contribution in [0.25, 0.3) is 0 Å². The van der Waals surface area contributed by atoms with Gasteiger partial charge in [0.15, 0.2) is 23.2 Å². The van der Waals surface area contributed by atoms with E-state index in [-0.39, 0.29) is 30.6 Å². The highest BCUT2D eigenvalue weighted by atomic mass is 16.6. The van der Waals surface area contributed by atoms with Gasteiger partial charge in [-0.15, -0.1) is 0 Å². The van der Waals surface area contributed by atoms with Gasteiger partial charge in [-0.3, -0.25) is 4.79 Å². The second-order valence-corrected chi connectivity index (χ2v) is 9.10. The molecular weight excluding hydrogens is 504 g/mol. The molecule has 2 N–H and O–H groups in total. The summed E-state index contributed by atoms with van der Waals surface area (Å²) in [6, 6.07) is 18.4. The van der Waals surface area contributed by atoms with Crippen LogP contribution >= 0.6 is 0 Å². The minimum atomic E-state index is -1.20. The molecule has 1 fully saturated rings. The lowest BCUT2D eigenvalue weighted by atomic mass is 9.91. The van der Waals surface area contributed by atoms with Crippen molar-refractivity contribution in [2.45, 2.75) is 31.6 Å². The van der Waals surface area contributed by atoms with Gasteiger partial charge in [-0.2, -0.15) is 0 Å². The van der Waals surface area contributed by atoms with Gasteiger partial charge in [-0.25, -0.2) is 14.6 Å². The number of cyclic esters (lactones) is 1. The average molecular weight is 535 g/mol. The summed E-state index contributed by atoms with van der Waals surface area (Å²) >= 11 is 0. The van der Waals surface area contributed by atoms with Gasteiger partial charge in [0.2, 0.25) is 0 Å². The summed E-state index contributed by atoms with van der Waals surface area (Å²) in [4.78, 5) is 42.8. The molecule has 1 aliphatic heterocycles. The predicted molar refractivity (Wildman–Crippen MR) is 139 cm³/mol. The molecule has 0 saturated carbocycles. The lowest BCUT2D eigenvalue weighted by molar-refractivity contribution is -0.157. The molecule has 204 valence electrons. The third-order valence-corrected chi connectivity index (χ3v) is 6.35. The van der Waals surface area contributed by atoms with Crippen LogP contribution in [0.3, 0.4) is 0 Å². The quantitative estimate of drug-likeness (QED) is 0.439. The normalized spacial score (nSPS) is 21.4. The van der Waals surface area contributed by atoms with Crippen LogP contribution in [0.4, 0.5) is 0 Å². The van der Waals surface area contributed by atoms with Crippen molar-refractivity contribution in [1.82, 2.24) is 10.3 Å². The Morgan fingerprint density at radius 3 is 2.44 bits per heavy atom. The summed E-state index contributed by atoms with van der Waals surface area (Å²) in [5, 5.41) is 12.8. The molecule has 1 aliphatic rings. The van der Waals surface area contributed by atoms with Crippen LogP contribution < -0.4 is 10.1 Å². The smallest absolute Gasteiger partial charge is 0.338 e. The number of aromatic hydroxyl groups is 1. The van der Waals surface area contributed by atoms with E-state index in [0.29, 0.717) is 12.0 Å². The Labute approximate surface area is 225 Å². The van der Waals surface area contributed by atoms with Gasteiger partial charge in [0.25, 0.3) is 5.91 Å². The van der Waals surface area contributed by atoms with E-state index in [1.54, 1.807) is 37.3 Å². The molecule has 0 bridgehead atoms. The Bertz CT molecular complexity index is 1280. The first-order valence-electron chi connectivity index (χ1n) is 12.5. The van der Waals surface area contributed by atoms with Crippen molar-refractivity contribution < 1.29 is 38.4 Å². The minimum Gasteiger partial charge on any atom is -0.503 e. The molecule has 39 heavy (non-hydrogen) atoms. The Hall–Kier alpha value is -4.44. The lowest BCUT2D eigenvalue weighted by Gasteiger charge is -2.30. The number of rotatable bonds is 7. The Kier molecular flexibility index (Phi) is 9.11. The zero-order chi connectivity index (χ0) is 27.8. The number of ether oxygens (including phenoxy) is 4. The molecule has 1 amide bonds. The maximum Gasteiger partial charge on any atom is 0.338 e. The van der Waals surface area contributed by atoms with E-state index < -0.39 is 41.8 Å². The number of esters is 2. The molecule has 10 heteroatoms. The molecular formula is C29H30N2O8. The van der Waals surface area contributed by atoms with Crippen molar-refractivity contribution >= 4 is 17.8 Å². The summed E-state index contributed by atoms with van der Waals surface area (Å²) < 4.78 is 22.5. The predicted octanol–water partition coefficient (Wildman–Crippen LogP) is 2.94. The fourth-order valence-corrected chi connectivity index (χ4v) is 4.36. The molecule has 10 nitrogen and oxygen atoms in total. The number of aromatic nitrogens is 1. The van der Waals surface area contributed by atoms with Gasteiger partial charge >= 0.3 is 11.9 Å². The van der Waals surface area contributed by atoms with Crippen molar-refractivity contribution in [3.05, 3.63) is 89.7 Å². The number of methoxy groups -OCH3 is 1. The first kappa shape index (κ1) is 27.6. The highest BCUT2D eigenvalue weighted by molar-refractivity contribution is 5.98. The van der Waals surface area contributed by atoms with Crippen molar-refractivity contribution in [2.24, 2.45) is 5.92 Å². The number of hydrogen-bond donors (Lipinski definition) is 2. The van der Waals surface area contributed by atoms with Crippen molar-refractivity contribution in [3.63, 3.8) is 0 Å². The summed E-state index contributed by atoms with van der Waals surface area (Å²) in [7, 11) is 1.34. The SMILES string of the molecule is COc1ccnc(C(=O)NC2COCC(Cc3ccccc3)C(OC(=O)c3ccccc3)C(C)OC2=O)c1O. The second-order valence-electron chi connectivity index (χ2n) is 9.10. The lowest BCUT2D eigenvalue weighted by Crippen LogP contribution is -2.46. The van der Waals surface area contributed by atoms with E-state index in [0.717, 1.165) is 5.56 Å². The number of carbonyl (C=O) groups excluding carboxylic acids is 3. The number of pyridine rings is 1. The highest BCUT2D eigenvalue weighted by Crippen LogP contribution is 2.28. The molecule has 2 aromatic carbocycles. The molecule has 0 spiro atoms. The van der Waals surface area contributed by atoms with Crippen LogP contribution in [0.5, 0.6) is 11.5 Å². The van der Waals surface area contributed by atoms with Gasteiger partial charge in [-0.05, 0) is 31.0 Å². The molecule has 3 aromatic rings. The van der Waals surface area contributed by atoms with E-state index in [9.17, 15) is 19.5 Å². The molecule has 0 radical (unpaired) electrons. The monoisotopic (exact) mass is 534 g/mol. The van der Waals surface area contributed by atoms with Crippen LogP contribution in [-0.4, -0.2) is 66.5 Å². The fourth-order valence-electron chi connectivity index (χ4n) is 4.36. The van der Waals surface area contributed by atoms with Crippen molar-refractivity contribution in [1.29, 1.82) is 0 Å². The van der Waals surface area contributed by atoms with Gasteiger partial charge in [0.05, 0.1) is 25.9 Å². The Balaban J connectivity index is 1.55. The third kappa shape index (κ3) is 6.91. The van der Waals surface area contributed by atoms with Crippen LogP contribution in [0.1, 0.15) is 33.3 Å². The Morgan fingerprint density at radius 2 is 1.74 bits per heavy atom. The number of nitrogens with zero attached hydrogens (tertiary/aromatic N) is 1. The summed E-state index contributed by atoms with van der Waals surface area (Å²) in [6.07, 6.45) is 0.102. The van der Waals surface area contributed by atoms with E-state index in [2.05, 4.69) is 10.3 Å². The Morgan fingerprint density at radius 1 is 1.05 bits per heavy atom. The topological polar surface area (TPSA) is 133 Å². The zero-order valence-electron chi connectivity index (χ0n) is 21.6. The second kappa shape index (κ2) is 12.9. The first-order chi connectivity index (χ1) is 18.9. The molecule has 0 aliphatic carbocycles. The maximum absolute atomic E-state index is 13.1. The fraction of sp³-hybridized carbons (Fsp3) is 0.310. The number of nitrogens with one attached hydrogen (secondary N) is 1. The molecule has 4 unspecified atom stereocenters. The van der Waals surface area contributed by atoms with Crippen LogP contribution in [0.15, 0.2) is 72.9 Å². The molecule has 1 aromatic heterocycles. The standard InChI is InChI=1S/C29H30N2O8/c1-18-26(39-28(34)20-11-7-4-8-12-20)21(15-19-9-5-3-6-10-19)16-37-17-22(29(35)38-18)31-27(33)24-25(32)23(36-2)13-14-30-24/h3-14,18,21-22,26,32H,15-17H2,1-2H3,(H,31,33). The zero-order valence-corrected chi connectivity index (χ0v) is 21.6. The largest absolute Gasteiger partial charge is 0.503 e. The molecule has 1 saturated heterocycles. The van der Waals surface area contributed by atoms with Gasteiger partial charge in [-0.1, -0.05) is 48.5 Å². The minimum absolute atomic E-state index is 0.0592. The number of benzene rings is 2. The number of amides is 1. The van der Waals surface area contributed by atoms with Gasteiger partial charge < -0.3 is 29.4 Å². The van der Waals surface area contributed by atoms with E-state index >= 15 is 0 Å². The first-order valence-corrected chi connectivity index (χ1v) is 12.5. The van der Waals surface area contributed by atoms with Crippen molar-refractivity contribution in [3.8, 4) is 11.5 Å². The van der Waals surface area contributed by atoms with Crippen LogP contribution in [-0.2, 0) is 25.4 Å². The van der Waals surface area contributed by atoms with Gasteiger partial charge in [0.1, 0.15) is 12.2 Å².